The number of carbonyl (C=O) groups is 2. The molecule has 1 atom stereocenters. The van der Waals surface area contributed by atoms with Gasteiger partial charge in [0.15, 0.2) is 5.16 Å². The first-order valence-electron chi connectivity index (χ1n) is 10.7. The normalized spacial score (nSPS) is 21.4. The summed E-state index contributed by atoms with van der Waals surface area (Å²) in [5.41, 5.74) is 1.44. The topological polar surface area (TPSA) is 83.4 Å². The summed E-state index contributed by atoms with van der Waals surface area (Å²) in [4.78, 5) is 29.5. The minimum atomic E-state index is -0.205. The third-order valence-corrected chi connectivity index (χ3v) is 6.83. The van der Waals surface area contributed by atoms with Gasteiger partial charge in [-0.2, -0.15) is 0 Å². The lowest BCUT2D eigenvalue weighted by Gasteiger charge is -2.27. The van der Waals surface area contributed by atoms with E-state index in [1.807, 2.05) is 31.2 Å². The minimum absolute atomic E-state index is 0.0236. The Morgan fingerprint density at radius 3 is 2.73 bits per heavy atom. The molecule has 0 bridgehead atoms. The van der Waals surface area contributed by atoms with E-state index in [4.69, 9.17) is 0 Å². The summed E-state index contributed by atoms with van der Waals surface area (Å²) in [5, 5.41) is 12.6. The second-order valence-electron chi connectivity index (χ2n) is 8.25. The summed E-state index contributed by atoms with van der Waals surface area (Å²) in [5.74, 6) is 1.12. The van der Waals surface area contributed by atoms with Crippen LogP contribution >= 0.6 is 11.8 Å². The lowest BCUT2D eigenvalue weighted by Crippen LogP contribution is -2.40. The van der Waals surface area contributed by atoms with Crippen LogP contribution in [0.5, 0.6) is 0 Å². The maximum absolute atomic E-state index is 13.3. The van der Waals surface area contributed by atoms with E-state index in [2.05, 4.69) is 25.0 Å². The maximum Gasteiger partial charge on any atom is 0.237 e. The van der Waals surface area contributed by atoms with Crippen molar-refractivity contribution in [3.8, 4) is 0 Å². The van der Waals surface area contributed by atoms with Crippen molar-refractivity contribution in [1.29, 1.82) is 0 Å². The van der Waals surface area contributed by atoms with Crippen LogP contribution in [0.15, 0.2) is 29.4 Å². The predicted octanol–water partition coefficient (Wildman–Crippen LogP) is 3.07. The van der Waals surface area contributed by atoms with Crippen molar-refractivity contribution >= 4 is 40.9 Å². The molecule has 1 saturated carbocycles. The summed E-state index contributed by atoms with van der Waals surface area (Å²) >= 11 is 1.45. The average molecular weight is 427 g/mol. The zero-order valence-electron chi connectivity index (χ0n) is 17.1. The highest BCUT2D eigenvalue weighted by atomic mass is 32.2. The lowest BCUT2D eigenvalue weighted by atomic mass is 10.2. The second-order valence-corrected chi connectivity index (χ2v) is 9.19. The molecule has 1 aliphatic carbocycles. The van der Waals surface area contributed by atoms with E-state index >= 15 is 0 Å². The molecule has 5 rings (SSSR count). The molecule has 0 spiro atoms. The van der Waals surface area contributed by atoms with Gasteiger partial charge in [0.25, 0.3) is 0 Å². The summed E-state index contributed by atoms with van der Waals surface area (Å²) in [6.45, 7) is 3.97. The number of fused-ring (bicyclic) bond motifs is 1. The van der Waals surface area contributed by atoms with Crippen molar-refractivity contribution in [3.05, 3.63) is 24.3 Å². The van der Waals surface area contributed by atoms with Crippen LogP contribution in [0.25, 0.3) is 0 Å². The molecule has 1 unspecified atom stereocenters. The fourth-order valence-corrected chi connectivity index (χ4v) is 5.18. The van der Waals surface area contributed by atoms with E-state index in [1.165, 1.54) is 24.6 Å². The fourth-order valence-electron chi connectivity index (χ4n) is 4.32. The molecule has 1 aromatic heterocycles. The smallest absolute Gasteiger partial charge is 0.237 e. The first-order valence-corrected chi connectivity index (χ1v) is 11.6. The molecule has 3 heterocycles. The van der Waals surface area contributed by atoms with Crippen LogP contribution in [0.4, 0.5) is 17.3 Å². The number of nitrogens with zero attached hydrogens (tertiary/aromatic N) is 5. The van der Waals surface area contributed by atoms with E-state index in [1.54, 1.807) is 4.90 Å². The predicted molar refractivity (Wildman–Crippen MR) is 117 cm³/mol. The Morgan fingerprint density at radius 1 is 1.20 bits per heavy atom. The molecule has 1 saturated heterocycles. The van der Waals surface area contributed by atoms with Crippen molar-refractivity contribution in [2.45, 2.75) is 56.3 Å². The summed E-state index contributed by atoms with van der Waals surface area (Å²) in [6, 6.07) is 7.73. The number of thioether (sulfide) groups is 1. The van der Waals surface area contributed by atoms with Gasteiger partial charge in [-0.1, -0.05) is 23.9 Å². The Kier molecular flexibility index (Phi) is 5.14. The molecule has 3 aliphatic rings. The second kappa shape index (κ2) is 7.94. The van der Waals surface area contributed by atoms with Crippen LogP contribution in [-0.2, 0) is 9.59 Å². The Morgan fingerprint density at radius 2 is 1.97 bits per heavy atom. The summed E-state index contributed by atoms with van der Waals surface area (Å²) < 4.78 is 2.23. The Hall–Kier alpha value is -2.55. The number of benzene rings is 1. The van der Waals surface area contributed by atoms with Gasteiger partial charge in [-0.15, -0.1) is 10.2 Å². The van der Waals surface area contributed by atoms with Crippen LogP contribution in [0.3, 0.4) is 0 Å². The van der Waals surface area contributed by atoms with Gasteiger partial charge in [0.2, 0.25) is 17.8 Å². The standard InChI is InChI=1S/C21H26N6O2S/c1-14-12-18(28)22-16-6-2-3-7-17(16)26(14)19(29)13-30-21-24-23-20(25-10-4-5-11-25)27(21)15-8-9-15/h2-3,6-7,14-15H,4-5,8-13H2,1H3,(H,22,28). The van der Waals surface area contributed by atoms with Crippen LogP contribution < -0.4 is 15.1 Å². The van der Waals surface area contributed by atoms with Crippen molar-refractivity contribution in [2.24, 2.45) is 0 Å². The van der Waals surface area contributed by atoms with Crippen molar-refractivity contribution in [1.82, 2.24) is 14.8 Å². The molecule has 2 aromatic rings. The lowest BCUT2D eigenvalue weighted by molar-refractivity contribution is -0.117. The van der Waals surface area contributed by atoms with Crippen molar-refractivity contribution < 1.29 is 9.59 Å². The number of hydrogen-bond acceptors (Lipinski definition) is 6. The Balaban J connectivity index is 1.36. The van der Waals surface area contributed by atoms with Gasteiger partial charge in [-0.05, 0) is 44.7 Å². The highest BCUT2D eigenvalue weighted by Crippen LogP contribution is 2.41. The molecule has 2 amide bonds. The number of nitrogens with one attached hydrogen (secondary N) is 1. The van der Waals surface area contributed by atoms with Gasteiger partial charge in [0.1, 0.15) is 0 Å². The molecule has 2 fully saturated rings. The number of anilines is 3. The van der Waals surface area contributed by atoms with Gasteiger partial charge in [0, 0.05) is 31.6 Å². The van der Waals surface area contributed by atoms with Crippen LogP contribution in [0.1, 0.15) is 45.1 Å². The minimum Gasteiger partial charge on any atom is -0.341 e. The molecule has 8 nitrogen and oxygen atoms in total. The van der Waals surface area contributed by atoms with Gasteiger partial charge < -0.3 is 15.1 Å². The SMILES string of the molecule is CC1CC(=O)Nc2ccccc2N1C(=O)CSc1nnc(N2CCCC2)n1C1CC1. The quantitative estimate of drug-likeness (QED) is 0.740. The number of carbonyl (C=O) groups excluding carboxylic acids is 2. The van der Waals surface area contributed by atoms with Gasteiger partial charge in [-0.25, -0.2) is 0 Å². The largest absolute Gasteiger partial charge is 0.341 e. The van der Waals surface area contributed by atoms with Crippen molar-refractivity contribution in [3.63, 3.8) is 0 Å². The third kappa shape index (κ3) is 3.66. The van der Waals surface area contributed by atoms with E-state index in [0.717, 1.165) is 42.7 Å². The molecule has 1 N–H and O–H groups in total. The van der Waals surface area contributed by atoms with E-state index in [9.17, 15) is 9.59 Å². The molecular weight excluding hydrogens is 400 g/mol. The summed E-state index contributed by atoms with van der Waals surface area (Å²) in [6.07, 6.45) is 4.95. The molecule has 2 aliphatic heterocycles. The number of amides is 2. The van der Waals surface area contributed by atoms with Crippen molar-refractivity contribution in [2.75, 3.05) is 34.0 Å². The number of aromatic nitrogens is 3. The van der Waals surface area contributed by atoms with Gasteiger partial charge in [0.05, 0.1) is 17.1 Å². The molecule has 1 aromatic carbocycles. The van der Waals surface area contributed by atoms with E-state index in [0.29, 0.717) is 11.7 Å². The zero-order valence-corrected chi connectivity index (χ0v) is 17.9. The van der Waals surface area contributed by atoms with Gasteiger partial charge in [-0.3, -0.25) is 14.2 Å². The zero-order chi connectivity index (χ0) is 20.7. The summed E-state index contributed by atoms with van der Waals surface area (Å²) in [7, 11) is 0. The van der Waals surface area contributed by atoms with Crippen LogP contribution in [-0.4, -0.2) is 51.5 Å². The van der Waals surface area contributed by atoms with Crippen LogP contribution in [0, 0.1) is 0 Å². The first-order chi connectivity index (χ1) is 14.6. The first kappa shape index (κ1) is 19.4. The molecule has 30 heavy (non-hydrogen) atoms. The number of hydrogen-bond donors (Lipinski definition) is 1. The molecular formula is C21H26N6O2S. The van der Waals surface area contributed by atoms with Crippen LogP contribution in [0.2, 0.25) is 0 Å². The van der Waals surface area contributed by atoms with E-state index in [-0.39, 0.29) is 30.0 Å². The highest BCUT2D eigenvalue weighted by Gasteiger charge is 2.34. The Bertz CT molecular complexity index is 966. The van der Waals surface area contributed by atoms with Gasteiger partial charge >= 0.3 is 0 Å². The maximum atomic E-state index is 13.3. The molecule has 158 valence electrons. The molecule has 9 heteroatoms. The Labute approximate surface area is 180 Å². The highest BCUT2D eigenvalue weighted by molar-refractivity contribution is 7.99. The monoisotopic (exact) mass is 426 g/mol. The average Bonchev–Trinajstić information content (AvgIpc) is 3.28. The number of rotatable bonds is 5. The van der Waals surface area contributed by atoms with E-state index < -0.39 is 0 Å². The fraction of sp³-hybridized carbons (Fsp3) is 0.524. The third-order valence-electron chi connectivity index (χ3n) is 5.90. The molecule has 0 radical (unpaired) electrons. The number of para-hydroxylation sites is 2.